The van der Waals surface area contributed by atoms with Gasteiger partial charge in [0, 0.05) is 36.8 Å². The number of carbonyl (C=O) groups is 1. The zero-order chi connectivity index (χ0) is 18.7. The maximum atomic E-state index is 12.8. The van der Waals surface area contributed by atoms with Crippen LogP contribution in [0, 0.1) is 6.92 Å². The number of sulfonamides is 1. The van der Waals surface area contributed by atoms with Crippen LogP contribution in [0.25, 0.3) is 0 Å². The van der Waals surface area contributed by atoms with Crippen molar-refractivity contribution in [3.05, 3.63) is 64.7 Å². The third-order valence-electron chi connectivity index (χ3n) is 4.46. The quantitative estimate of drug-likeness (QED) is 0.806. The summed E-state index contributed by atoms with van der Waals surface area (Å²) >= 11 is 5.84. The largest absolute Gasteiger partial charge is 0.337 e. The van der Waals surface area contributed by atoms with Crippen molar-refractivity contribution in [2.45, 2.75) is 18.2 Å². The van der Waals surface area contributed by atoms with Crippen LogP contribution >= 0.6 is 11.6 Å². The summed E-state index contributed by atoms with van der Waals surface area (Å²) in [5.74, 6) is -0.0561. The molecule has 1 fully saturated rings. The summed E-state index contributed by atoms with van der Waals surface area (Å²) in [4.78, 5) is 14.7. The van der Waals surface area contributed by atoms with Crippen molar-refractivity contribution in [1.29, 1.82) is 0 Å². The van der Waals surface area contributed by atoms with Crippen molar-refractivity contribution >= 4 is 27.5 Å². The number of halogens is 1. The van der Waals surface area contributed by atoms with E-state index in [-0.39, 0.29) is 17.3 Å². The molecule has 0 N–H and O–H groups in total. The minimum Gasteiger partial charge on any atom is -0.337 e. The van der Waals surface area contributed by atoms with Crippen molar-refractivity contribution in [3.63, 3.8) is 0 Å². The van der Waals surface area contributed by atoms with Crippen LogP contribution in [-0.4, -0.2) is 49.7 Å². The lowest BCUT2D eigenvalue weighted by molar-refractivity contribution is 0.0764. The van der Waals surface area contributed by atoms with Gasteiger partial charge in [-0.15, -0.1) is 0 Å². The number of rotatable bonds is 3. The molecule has 138 valence electrons. The van der Waals surface area contributed by atoms with Gasteiger partial charge in [0.2, 0.25) is 10.0 Å². The van der Waals surface area contributed by atoms with E-state index in [1.807, 2.05) is 25.1 Å². The standard InChI is InChI=1S/C19H21ClN2O3S/c1-15-4-2-5-16(14-15)19(23)21-10-3-11-22(13-12-21)26(24,25)18-8-6-17(20)7-9-18/h2,4-9,14H,3,10-13H2,1H3. The number of amides is 1. The monoisotopic (exact) mass is 392 g/mol. The van der Waals surface area contributed by atoms with E-state index >= 15 is 0 Å². The molecule has 2 aromatic rings. The predicted octanol–water partition coefficient (Wildman–Crippen LogP) is 3.19. The number of hydrogen-bond acceptors (Lipinski definition) is 3. The summed E-state index contributed by atoms with van der Waals surface area (Å²) in [5.41, 5.74) is 1.66. The van der Waals surface area contributed by atoms with Crippen LogP contribution in [0.15, 0.2) is 53.4 Å². The second-order valence-electron chi connectivity index (χ2n) is 6.37. The third-order valence-corrected chi connectivity index (χ3v) is 6.62. The summed E-state index contributed by atoms with van der Waals surface area (Å²) in [7, 11) is -3.59. The Kier molecular flexibility index (Phi) is 5.65. The molecule has 0 radical (unpaired) electrons. The highest BCUT2D eigenvalue weighted by molar-refractivity contribution is 7.89. The molecule has 2 aromatic carbocycles. The van der Waals surface area contributed by atoms with Gasteiger partial charge in [-0.05, 0) is 49.7 Å². The molecule has 5 nitrogen and oxygen atoms in total. The van der Waals surface area contributed by atoms with Crippen molar-refractivity contribution in [1.82, 2.24) is 9.21 Å². The Hall–Kier alpha value is -1.89. The number of carbonyl (C=O) groups excluding carboxylic acids is 1. The third kappa shape index (κ3) is 4.09. The van der Waals surface area contributed by atoms with Crippen LogP contribution in [0.2, 0.25) is 5.02 Å². The normalized spacial score (nSPS) is 16.3. The molecule has 3 rings (SSSR count). The average molecular weight is 393 g/mol. The minimum atomic E-state index is -3.59. The van der Waals surface area contributed by atoms with Gasteiger partial charge in [0.15, 0.2) is 0 Å². The Bertz CT molecular complexity index is 897. The zero-order valence-corrected chi connectivity index (χ0v) is 16.1. The van der Waals surface area contributed by atoms with Gasteiger partial charge in [0.05, 0.1) is 4.90 Å². The van der Waals surface area contributed by atoms with Crippen LogP contribution in [0.4, 0.5) is 0 Å². The highest BCUT2D eigenvalue weighted by Crippen LogP contribution is 2.20. The molecule has 1 saturated heterocycles. The van der Waals surface area contributed by atoms with Crippen LogP contribution in [0.5, 0.6) is 0 Å². The van der Waals surface area contributed by atoms with Crippen molar-refractivity contribution in [2.24, 2.45) is 0 Å². The molecule has 0 spiro atoms. The van der Waals surface area contributed by atoms with Gasteiger partial charge < -0.3 is 4.90 Å². The summed E-state index contributed by atoms with van der Waals surface area (Å²) in [6.45, 7) is 3.53. The van der Waals surface area contributed by atoms with Crippen molar-refractivity contribution < 1.29 is 13.2 Å². The molecule has 0 saturated carbocycles. The van der Waals surface area contributed by atoms with E-state index in [0.717, 1.165) is 5.56 Å². The summed E-state index contributed by atoms with van der Waals surface area (Å²) < 4.78 is 27.1. The lowest BCUT2D eigenvalue weighted by atomic mass is 10.1. The number of hydrogen-bond donors (Lipinski definition) is 0. The molecule has 1 aliphatic rings. The van der Waals surface area contributed by atoms with Gasteiger partial charge in [0.1, 0.15) is 0 Å². The Balaban J connectivity index is 1.73. The molecular weight excluding hydrogens is 372 g/mol. The predicted molar refractivity (Wildman–Crippen MR) is 102 cm³/mol. The van der Waals surface area contributed by atoms with E-state index < -0.39 is 10.0 Å². The van der Waals surface area contributed by atoms with Crippen LogP contribution in [0.3, 0.4) is 0 Å². The van der Waals surface area contributed by atoms with Crippen molar-refractivity contribution in [3.8, 4) is 0 Å². The van der Waals surface area contributed by atoms with E-state index in [1.54, 1.807) is 23.1 Å². The fraction of sp³-hybridized carbons (Fsp3) is 0.316. The van der Waals surface area contributed by atoms with Crippen LogP contribution in [-0.2, 0) is 10.0 Å². The van der Waals surface area contributed by atoms with Gasteiger partial charge >= 0.3 is 0 Å². The lowest BCUT2D eigenvalue weighted by Crippen LogP contribution is -2.37. The second kappa shape index (κ2) is 7.78. The average Bonchev–Trinajstić information content (AvgIpc) is 2.88. The molecule has 26 heavy (non-hydrogen) atoms. The van der Waals surface area contributed by atoms with E-state index in [0.29, 0.717) is 36.6 Å². The fourth-order valence-corrected chi connectivity index (χ4v) is 4.65. The summed E-state index contributed by atoms with van der Waals surface area (Å²) in [6, 6.07) is 13.6. The Morgan fingerprint density at radius 1 is 1.00 bits per heavy atom. The van der Waals surface area contributed by atoms with E-state index in [9.17, 15) is 13.2 Å². The molecule has 7 heteroatoms. The highest BCUT2D eigenvalue weighted by atomic mass is 35.5. The first-order chi connectivity index (χ1) is 12.4. The number of nitrogens with zero attached hydrogens (tertiary/aromatic N) is 2. The highest BCUT2D eigenvalue weighted by Gasteiger charge is 2.28. The summed E-state index contributed by atoms with van der Waals surface area (Å²) in [5, 5.41) is 0.495. The summed E-state index contributed by atoms with van der Waals surface area (Å²) in [6.07, 6.45) is 0.602. The topological polar surface area (TPSA) is 57.7 Å². The molecule has 0 unspecified atom stereocenters. The molecule has 1 amide bonds. The Morgan fingerprint density at radius 3 is 2.42 bits per heavy atom. The lowest BCUT2D eigenvalue weighted by Gasteiger charge is -2.22. The number of aryl methyl sites for hydroxylation is 1. The second-order valence-corrected chi connectivity index (χ2v) is 8.75. The Morgan fingerprint density at radius 2 is 1.73 bits per heavy atom. The number of benzene rings is 2. The minimum absolute atomic E-state index is 0.0561. The molecular formula is C19H21ClN2O3S. The smallest absolute Gasteiger partial charge is 0.253 e. The molecule has 0 aliphatic carbocycles. The van der Waals surface area contributed by atoms with Gasteiger partial charge in [-0.1, -0.05) is 29.3 Å². The van der Waals surface area contributed by atoms with Crippen LogP contribution in [0.1, 0.15) is 22.3 Å². The molecule has 0 atom stereocenters. The van der Waals surface area contributed by atoms with Crippen LogP contribution < -0.4 is 0 Å². The van der Waals surface area contributed by atoms with Gasteiger partial charge in [-0.25, -0.2) is 8.42 Å². The first-order valence-corrected chi connectivity index (χ1v) is 10.3. The SMILES string of the molecule is Cc1cccc(C(=O)N2CCCN(S(=O)(=O)c3ccc(Cl)cc3)CC2)c1. The van der Waals surface area contributed by atoms with E-state index in [1.165, 1.54) is 16.4 Å². The molecule has 1 heterocycles. The van der Waals surface area contributed by atoms with Gasteiger partial charge in [0.25, 0.3) is 5.91 Å². The molecule has 0 aromatic heterocycles. The zero-order valence-electron chi connectivity index (χ0n) is 14.6. The van der Waals surface area contributed by atoms with E-state index in [4.69, 9.17) is 11.6 Å². The van der Waals surface area contributed by atoms with Crippen molar-refractivity contribution in [2.75, 3.05) is 26.2 Å². The Labute approximate surface area is 159 Å². The maximum absolute atomic E-state index is 12.8. The molecule has 1 aliphatic heterocycles. The van der Waals surface area contributed by atoms with E-state index in [2.05, 4.69) is 0 Å². The first kappa shape index (κ1) is 18.9. The first-order valence-electron chi connectivity index (χ1n) is 8.49. The maximum Gasteiger partial charge on any atom is 0.253 e. The fourth-order valence-electron chi connectivity index (χ4n) is 3.05. The van der Waals surface area contributed by atoms with Gasteiger partial charge in [-0.2, -0.15) is 4.31 Å². The van der Waals surface area contributed by atoms with Gasteiger partial charge in [-0.3, -0.25) is 4.79 Å². The molecule has 0 bridgehead atoms.